The van der Waals surface area contributed by atoms with Gasteiger partial charge in [-0.25, -0.2) is 22.4 Å². The smallest absolute Gasteiger partial charge is 0.339 e. The van der Waals surface area contributed by atoms with Crippen LogP contribution in [0.1, 0.15) is 0 Å². The molecule has 10 heteroatoms. The van der Waals surface area contributed by atoms with E-state index in [0.717, 1.165) is 0 Å². The minimum atomic E-state index is -5.80. The first-order chi connectivity index (χ1) is 8.06. The molecule has 0 aromatic carbocycles. The van der Waals surface area contributed by atoms with Crippen molar-refractivity contribution in [1.29, 1.82) is 0 Å². The number of alkyl halides is 2. The molecule has 2 atom stereocenters. The largest absolute Gasteiger partial charge is 0.465 e. The van der Waals surface area contributed by atoms with E-state index < -0.39 is 50.6 Å². The van der Waals surface area contributed by atoms with Crippen LogP contribution in [0.25, 0.3) is 0 Å². The van der Waals surface area contributed by atoms with Crippen LogP contribution in [0.15, 0.2) is 23.3 Å². The van der Waals surface area contributed by atoms with Gasteiger partial charge in [0.15, 0.2) is 12.0 Å². The molecule has 0 aromatic heterocycles. The zero-order valence-electron chi connectivity index (χ0n) is 8.66. The first-order valence-corrected chi connectivity index (χ1v) is 5.67. The van der Waals surface area contributed by atoms with Crippen LogP contribution in [0.5, 0.6) is 0 Å². The van der Waals surface area contributed by atoms with Gasteiger partial charge in [0.25, 0.3) is 0 Å². The van der Waals surface area contributed by atoms with E-state index in [-0.39, 0.29) is 0 Å². The number of hydrogen-bond acceptors (Lipinski definition) is 4. The number of carbonyl (C=O) groups excluding carboxylic acids is 1. The summed E-state index contributed by atoms with van der Waals surface area (Å²) in [6.45, 7) is 0. The van der Waals surface area contributed by atoms with Gasteiger partial charge < -0.3 is 4.74 Å². The van der Waals surface area contributed by atoms with Gasteiger partial charge in [-0.15, -0.1) is 0 Å². The van der Waals surface area contributed by atoms with Crippen LogP contribution in [-0.2, 0) is 19.6 Å². The van der Waals surface area contributed by atoms with Crippen molar-refractivity contribution in [2.45, 2.75) is 11.2 Å². The molecule has 0 aliphatic heterocycles. The number of methoxy groups -OCH3 is 1. The second-order valence-corrected chi connectivity index (χ2v) is 4.78. The highest BCUT2D eigenvalue weighted by Gasteiger charge is 2.54. The molecule has 2 unspecified atom stereocenters. The SMILES string of the molecule is COC(=O)C1=C(F)C(F)(S(=O)(=O)O)C=C(F)C1F. The summed E-state index contributed by atoms with van der Waals surface area (Å²) in [6, 6.07) is 0. The summed E-state index contributed by atoms with van der Waals surface area (Å²) in [6.07, 6.45) is -3.61. The summed E-state index contributed by atoms with van der Waals surface area (Å²) >= 11 is 0. The van der Waals surface area contributed by atoms with E-state index in [1.165, 1.54) is 0 Å². The molecule has 1 N–H and O–H groups in total. The van der Waals surface area contributed by atoms with Crippen LogP contribution in [0.4, 0.5) is 17.6 Å². The fraction of sp³-hybridized carbons (Fsp3) is 0.375. The number of hydrogen-bond donors (Lipinski definition) is 1. The van der Waals surface area contributed by atoms with Crippen molar-refractivity contribution in [2.75, 3.05) is 7.11 Å². The number of carbonyl (C=O) groups is 1. The van der Waals surface area contributed by atoms with Gasteiger partial charge in [0.2, 0.25) is 0 Å². The number of allylic oxidation sites excluding steroid dienone is 1. The van der Waals surface area contributed by atoms with E-state index in [9.17, 15) is 30.8 Å². The van der Waals surface area contributed by atoms with Crippen LogP contribution in [0.2, 0.25) is 0 Å². The van der Waals surface area contributed by atoms with Crippen molar-refractivity contribution in [2.24, 2.45) is 0 Å². The lowest BCUT2D eigenvalue weighted by molar-refractivity contribution is -0.137. The third-order valence-electron chi connectivity index (χ3n) is 2.14. The van der Waals surface area contributed by atoms with Gasteiger partial charge in [0.1, 0.15) is 11.4 Å². The second kappa shape index (κ2) is 4.35. The van der Waals surface area contributed by atoms with Crippen molar-refractivity contribution in [1.82, 2.24) is 0 Å². The first-order valence-electron chi connectivity index (χ1n) is 4.23. The molecule has 18 heavy (non-hydrogen) atoms. The van der Waals surface area contributed by atoms with Gasteiger partial charge in [-0.05, 0) is 0 Å². The molecule has 5 nitrogen and oxygen atoms in total. The summed E-state index contributed by atoms with van der Waals surface area (Å²) in [7, 11) is -5.13. The quantitative estimate of drug-likeness (QED) is 0.468. The highest BCUT2D eigenvalue weighted by Crippen LogP contribution is 2.41. The Morgan fingerprint density at radius 3 is 2.39 bits per heavy atom. The van der Waals surface area contributed by atoms with E-state index in [2.05, 4.69) is 4.74 Å². The van der Waals surface area contributed by atoms with Gasteiger partial charge in [-0.2, -0.15) is 8.42 Å². The molecule has 0 spiro atoms. The molecule has 0 saturated carbocycles. The van der Waals surface area contributed by atoms with Crippen LogP contribution < -0.4 is 0 Å². The number of esters is 1. The van der Waals surface area contributed by atoms with Crippen LogP contribution in [0, 0.1) is 0 Å². The van der Waals surface area contributed by atoms with Crippen molar-refractivity contribution in [3.05, 3.63) is 23.3 Å². The maximum absolute atomic E-state index is 13.7. The Bertz CT molecular complexity index is 552. The van der Waals surface area contributed by atoms with Gasteiger partial charge >= 0.3 is 21.1 Å². The fourth-order valence-corrected chi connectivity index (χ4v) is 1.84. The predicted octanol–water partition coefficient (Wildman–Crippen LogP) is 1.14. The van der Waals surface area contributed by atoms with Crippen molar-refractivity contribution in [3.63, 3.8) is 0 Å². The summed E-state index contributed by atoms with van der Waals surface area (Å²) in [5, 5.41) is -4.36. The maximum atomic E-state index is 13.7. The minimum Gasteiger partial charge on any atom is -0.465 e. The van der Waals surface area contributed by atoms with Gasteiger partial charge in [0.05, 0.1) is 7.11 Å². The third kappa shape index (κ3) is 2.01. The molecule has 0 heterocycles. The summed E-state index contributed by atoms with van der Waals surface area (Å²) < 4.78 is 87.0. The Morgan fingerprint density at radius 2 is 2.00 bits per heavy atom. The maximum Gasteiger partial charge on any atom is 0.339 e. The molecule has 0 radical (unpaired) electrons. The Morgan fingerprint density at radius 1 is 1.50 bits per heavy atom. The summed E-state index contributed by atoms with van der Waals surface area (Å²) in [5.41, 5.74) is -1.79. The van der Waals surface area contributed by atoms with Crippen molar-refractivity contribution in [3.8, 4) is 0 Å². The molecular formula is C8H6F4O5S. The van der Waals surface area contributed by atoms with Crippen LogP contribution >= 0.6 is 0 Å². The molecule has 0 amide bonds. The molecule has 0 aromatic rings. The molecule has 102 valence electrons. The molecule has 1 aliphatic carbocycles. The fourth-order valence-electron chi connectivity index (χ4n) is 1.24. The van der Waals surface area contributed by atoms with E-state index in [4.69, 9.17) is 4.55 Å². The van der Waals surface area contributed by atoms with Crippen molar-refractivity contribution < 1.29 is 40.1 Å². The van der Waals surface area contributed by atoms with Gasteiger partial charge in [-0.1, -0.05) is 0 Å². The van der Waals surface area contributed by atoms with E-state index in [0.29, 0.717) is 7.11 Å². The standard InChI is InChI=1S/C8H6F4O5S/c1-17-7(13)4-5(10)3(9)2-8(12,6(4)11)18(14,15)16/h2,5H,1H3,(H,14,15,16). The van der Waals surface area contributed by atoms with E-state index >= 15 is 0 Å². The first kappa shape index (κ1) is 14.6. The Labute approximate surface area is 98.5 Å². The van der Waals surface area contributed by atoms with Crippen molar-refractivity contribution >= 4 is 16.1 Å². The lowest BCUT2D eigenvalue weighted by Crippen LogP contribution is -2.39. The molecule has 0 bridgehead atoms. The minimum absolute atomic E-state index is 0.602. The summed E-state index contributed by atoms with van der Waals surface area (Å²) in [5.74, 6) is -6.35. The molecule has 0 fully saturated rings. The Balaban J connectivity index is 3.58. The van der Waals surface area contributed by atoms with Gasteiger partial charge in [0, 0.05) is 6.08 Å². The average molecular weight is 290 g/mol. The second-order valence-electron chi connectivity index (χ2n) is 3.23. The summed E-state index contributed by atoms with van der Waals surface area (Å²) in [4.78, 5) is 11.0. The highest BCUT2D eigenvalue weighted by atomic mass is 32.2. The topological polar surface area (TPSA) is 80.7 Å². The Hall–Kier alpha value is -1.42. The van der Waals surface area contributed by atoms with E-state index in [1.54, 1.807) is 0 Å². The number of rotatable bonds is 2. The van der Waals surface area contributed by atoms with Crippen LogP contribution in [-0.4, -0.2) is 37.2 Å². The zero-order valence-corrected chi connectivity index (χ0v) is 9.47. The lowest BCUT2D eigenvalue weighted by atomic mass is 10.0. The lowest BCUT2D eigenvalue weighted by Gasteiger charge is -2.24. The highest BCUT2D eigenvalue weighted by molar-refractivity contribution is 7.87. The molecule has 0 saturated heterocycles. The monoisotopic (exact) mass is 290 g/mol. The van der Waals surface area contributed by atoms with Gasteiger partial charge in [-0.3, -0.25) is 4.55 Å². The number of halogens is 4. The number of ether oxygens (including phenoxy) is 1. The molecule has 1 aliphatic rings. The molecular weight excluding hydrogens is 284 g/mol. The Kier molecular flexibility index (Phi) is 3.54. The van der Waals surface area contributed by atoms with Crippen LogP contribution in [0.3, 0.4) is 0 Å². The van der Waals surface area contributed by atoms with E-state index in [1.807, 2.05) is 0 Å². The molecule has 1 rings (SSSR count). The zero-order chi connectivity index (χ0) is 14.3. The third-order valence-corrected chi connectivity index (χ3v) is 3.18. The predicted molar refractivity (Wildman–Crippen MR) is 49.6 cm³/mol. The average Bonchev–Trinajstić information content (AvgIpc) is 2.25. The normalized spacial score (nSPS) is 29.0.